The van der Waals surface area contributed by atoms with E-state index in [1.807, 2.05) is 32.3 Å². The lowest BCUT2D eigenvalue weighted by Gasteiger charge is -2.19. The third-order valence-electron chi connectivity index (χ3n) is 6.48. The number of imidazole rings is 1. The normalized spacial score (nSPS) is 18.3. The highest BCUT2D eigenvalue weighted by Crippen LogP contribution is 2.55. The largest absolute Gasteiger partial charge is 0.491 e. The molecule has 164 valence electrons. The standard InChI is InChI=1S/C29H32N2O/c1-19(2)32-24-13-11-23(12-14-24)31-18-30-27-16-21(8-15-28(27)31)26-17-25(26)20-6-9-22(10-7-20)29(3,4)5/h6-16,18-19,25-26H,17H2,1-5H3/t25-,26-/m0/s1. The Morgan fingerprint density at radius 1 is 0.875 bits per heavy atom. The maximum atomic E-state index is 5.77. The molecule has 1 aliphatic rings. The third kappa shape index (κ3) is 4.04. The molecule has 0 bridgehead atoms. The minimum atomic E-state index is 0.177. The second kappa shape index (κ2) is 7.81. The van der Waals surface area contributed by atoms with Crippen molar-refractivity contribution in [1.82, 2.24) is 9.55 Å². The first-order chi connectivity index (χ1) is 15.3. The van der Waals surface area contributed by atoms with E-state index in [1.54, 1.807) is 0 Å². The summed E-state index contributed by atoms with van der Waals surface area (Å²) in [5.74, 6) is 2.11. The Balaban J connectivity index is 1.34. The average Bonchev–Trinajstić information content (AvgIpc) is 3.45. The van der Waals surface area contributed by atoms with Crippen molar-refractivity contribution in [2.45, 2.75) is 64.4 Å². The smallest absolute Gasteiger partial charge is 0.119 e. The molecule has 0 unspecified atom stereocenters. The summed E-state index contributed by atoms with van der Waals surface area (Å²) in [5.41, 5.74) is 7.74. The highest BCUT2D eigenvalue weighted by molar-refractivity contribution is 5.78. The summed E-state index contributed by atoms with van der Waals surface area (Å²) in [4.78, 5) is 4.70. The van der Waals surface area contributed by atoms with E-state index in [0.29, 0.717) is 11.8 Å². The van der Waals surface area contributed by atoms with Gasteiger partial charge in [0.15, 0.2) is 0 Å². The fourth-order valence-corrected chi connectivity index (χ4v) is 4.59. The maximum absolute atomic E-state index is 5.77. The van der Waals surface area contributed by atoms with Crippen molar-refractivity contribution in [1.29, 1.82) is 0 Å². The Morgan fingerprint density at radius 3 is 2.19 bits per heavy atom. The number of benzene rings is 3. The number of ether oxygens (including phenoxy) is 1. The van der Waals surface area contributed by atoms with Gasteiger partial charge in [0.25, 0.3) is 0 Å². The predicted molar refractivity (Wildman–Crippen MR) is 132 cm³/mol. The van der Waals surface area contributed by atoms with Gasteiger partial charge in [0.2, 0.25) is 0 Å². The summed E-state index contributed by atoms with van der Waals surface area (Å²) in [5, 5.41) is 0. The van der Waals surface area contributed by atoms with Crippen molar-refractivity contribution in [3.8, 4) is 11.4 Å². The van der Waals surface area contributed by atoms with E-state index >= 15 is 0 Å². The van der Waals surface area contributed by atoms with E-state index < -0.39 is 0 Å². The summed E-state index contributed by atoms with van der Waals surface area (Å²) in [6.07, 6.45) is 3.32. The first-order valence-corrected chi connectivity index (χ1v) is 11.6. The van der Waals surface area contributed by atoms with Crippen molar-refractivity contribution < 1.29 is 4.74 Å². The lowest BCUT2D eigenvalue weighted by molar-refractivity contribution is 0.242. The Hall–Kier alpha value is -3.07. The Bertz CT molecular complexity index is 1230. The molecule has 0 N–H and O–H groups in total. The van der Waals surface area contributed by atoms with Gasteiger partial charge in [0.05, 0.1) is 17.1 Å². The molecule has 2 atom stereocenters. The number of fused-ring (bicyclic) bond motifs is 1. The van der Waals surface area contributed by atoms with Crippen LogP contribution in [0.2, 0.25) is 0 Å². The van der Waals surface area contributed by atoms with Gasteiger partial charge in [-0.2, -0.15) is 0 Å². The predicted octanol–water partition coefficient (Wildman–Crippen LogP) is 7.38. The fourth-order valence-electron chi connectivity index (χ4n) is 4.59. The molecular formula is C29H32N2O. The van der Waals surface area contributed by atoms with Crippen LogP contribution in [-0.4, -0.2) is 15.7 Å². The van der Waals surface area contributed by atoms with Crippen molar-refractivity contribution >= 4 is 11.0 Å². The molecule has 1 aliphatic carbocycles. The number of hydrogen-bond acceptors (Lipinski definition) is 2. The molecule has 32 heavy (non-hydrogen) atoms. The third-order valence-corrected chi connectivity index (χ3v) is 6.48. The van der Waals surface area contributed by atoms with Crippen molar-refractivity contribution in [3.05, 3.63) is 89.7 Å². The molecule has 1 fully saturated rings. The molecular weight excluding hydrogens is 392 g/mol. The number of aromatic nitrogens is 2. The monoisotopic (exact) mass is 424 g/mol. The molecule has 3 heteroatoms. The molecule has 3 aromatic carbocycles. The van der Waals surface area contributed by atoms with E-state index in [0.717, 1.165) is 22.5 Å². The maximum Gasteiger partial charge on any atom is 0.119 e. The topological polar surface area (TPSA) is 27.1 Å². The van der Waals surface area contributed by atoms with Gasteiger partial charge in [-0.25, -0.2) is 4.98 Å². The second-order valence-corrected chi connectivity index (χ2v) is 10.3. The highest BCUT2D eigenvalue weighted by atomic mass is 16.5. The fraction of sp³-hybridized carbons (Fsp3) is 0.345. The minimum absolute atomic E-state index is 0.177. The van der Waals surface area contributed by atoms with Gasteiger partial charge >= 0.3 is 0 Å². The zero-order valence-electron chi connectivity index (χ0n) is 19.7. The number of nitrogens with zero attached hydrogens (tertiary/aromatic N) is 2. The van der Waals surface area contributed by atoms with Crippen LogP contribution in [0.1, 0.15) is 69.6 Å². The summed E-state index contributed by atoms with van der Waals surface area (Å²) >= 11 is 0. The summed E-state index contributed by atoms with van der Waals surface area (Å²) in [6.45, 7) is 10.9. The molecule has 5 rings (SSSR count). The van der Waals surface area contributed by atoms with Crippen LogP contribution < -0.4 is 4.74 Å². The highest BCUT2D eigenvalue weighted by Gasteiger charge is 2.39. The Morgan fingerprint density at radius 2 is 1.53 bits per heavy atom. The van der Waals surface area contributed by atoms with Crippen molar-refractivity contribution in [2.24, 2.45) is 0 Å². The SMILES string of the molecule is CC(C)Oc1ccc(-n2cnc3cc([C@@H]4C[C@H]4c4ccc(C(C)(C)C)cc4)ccc32)cc1. The molecule has 3 nitrogen and oxygen atoms in total. The van der Waals surface area contributed by atoms with E-state index in [4.69, 9.17) is 9.72 Å². The second-order valence-electron chi connectivity index (χ2n) is 10.3. The first kappa shape index (κ1) is 20.8. The van der Waals surface area contributed by atoms with Gasteiger partial charge in [-0.3, -0.25) is 4.57 Å². The van der Waals surface area contributed by atoms with Crippen LogP contribution in [0.15, 0.2) is 73.1 Å². The van der Waals surface area contributed by atoms with E-state index in [2.05, 4.69) is 79.9 Å². The summed E-state index contributed by atoms with van der Waals surface area (Å²) in [6, 6.07) is 24.2. The van der Waals surface area contributed by atoms with Gasteiger partial charge < -0.3 is 4.74 Å². The van der Waals surface area contributed by atoms with Crippen LogP contribution in [0.4, 0.5) is 0 Å². The molecule has 1 heterocycles. The van der Waals surface area contributed by atoms with Crippen LogP contribution >= 0.6 is 0 Å². The Labute approximate surface area is 191 Å². The van der Waals surface area contributed by atoms with Crippen LogP contribution in [-0.2, 0) is 5.41 Å². The minimum Gasteiger partial charge on any atom is -0.491 e. The summed E-state index contributed by atoms with van der Waals surface area (Å²) in [7, 11) is 0. The quantitative estimate of drug-likeness (QED) is 0.334. The van der Waals surface area contributed by atoms with Gasteiger partial charge in [-0.1, -0.05) is 51.1 Å². The first-order valence-electron chi connectivity index (χ1n) is 11.6. The molecule has 4 aromatic rings. The number of rotatable bonds is 5. The lowest BCUT2D eigenvalue weighted by atomic mass is 9.86. The molecule has 0 aliphatic heterocycles. The molecule has 1 saturated carbocycles. The molecule has 0 radical (unpaired) electrons. The zero-order chi connectivity index (χ0) is 22.5. The van der Waals surface area contributed by atoms with Gasteiger partial charge in [0.1, 0.15) is 12.1 Å². The molecule has 1 aromatic heterocycles. The lowest BCUT2D eigenvalue weighted by Crippen LogP contribution is -2.10. The van der Waals surface area contributed by atoms with Crippen molar-refractivity contribution in [2.75, 3.05) is 0 Å². The van der Waals surface area contributed by atoms with Gasteiger partial charge in [0, 0.05) is 5.69 Å². The van der Waals surface area contributed by atoms with E-state index in [-0.39, 0.29) is 11.5 Å². The average molecular weight is 425 g/mol. The van der Waals surface area contributed by atoms with Crippen molar-refractivity contribution in [3.63, 3.8) is 0 Å². The number of hydrogen-bond donors (Lipinski definition) is 0. The molecule has 0 amide bonds. The van der Waals surface area contributed by atoms with Crippen LogP contribution in [0.5, 0.6) is 5.75 Å². The molecule has 0 saturated heterocycles. The van der Waals surface area contributed by atoms with Crippen LogP contribution in [0.25, 0.3) is 16.7 Å². The molecule has 0 spiro atoms. The zero-order valence-corrected chi connectivity index (χ0v) is 19.7. The van der Waals surface area contributed by atoms with E-state index in [1.165, 1.54) is 23.1 Å². The summed E-state index contributed by atoms with van der Waals surface area (Å²) < 4.78 is 7.91. The van der Waals surface area contributed by atoms with Gasteiger partial charge in [-0.05, 0) is 90.6 Å². The van der Waals surface area contributed by atoms with Crippen LogP contribution in [0, 0.1) is 0 Å². The van der Waals surface area contributed by atoms with Gasteiger partial charge in [-0.15, -0.1) is 0 Å². The van der Waals surface area contributed by atoms with E-state index in [9.17, 15) is 0 Å². The Kier molecular flexibility index (Phi) is 5.08. The van der Waals surface area contributed by atoms with Crippen LogP contribution in [0.3, 0.4) is 0 Å².